The first kappa shape index (κ1) is 18.3. The van der Waals surface area contributed by atoms with Crippen LogP contribution in [0.1, 0.15) is 10.4 Å². The Balaban J connectivity index is 2.17. The van der Waals surface area contributed by atoms with Crippen LogP contribution in [-0.4, -0.2) is 39.3 Å². The van der Waals surface area contributed by atoms with Crippen LogP contribution in [0.4, 0.5) is 17.1 Å². The van der Waals surface area contributed by atoms with Crippen LogP contribution < -0.4 is 24.8 Å². The van der Waals surface area contributed by atoms with Crippen molar-refractivity contribution >= 4 is 33.9 Å². The van der Waals surface area contributed by atoms with E-state index in [1.165, 1.54) is 6.20 Å². The first-order valence-electron chi connectivity index (χ1n) is 8.25. The van der Waals surface area contributed by atoms with Crippen molar-refractivity contribution in [2.24, 2.45) is 0 Å². The lowest BCUT2D eigenvalue weighted by atomic mass is 10.1. The number of benzene rings is 2. The first-order valence-corrected chi connectivity index (χ1v) is 8.25. The molecule has 1 aromatic heterocycles. The van der Waals surface area contributed by atoms with E-state index in [4.69, 9.17) is 9.47 Å². The molecule has 3 aromatic rings. The zero-order valence-corrected chi connectivity index (χ0v) is 15.6. The lowest BCUT2D eigenvalue weighted by Crippen LogP contribution is -2.23. The third-order valence-electron chi connectivity index (χ3n) is 4.24. The van der Waals surface area contributed by atoms with Gasteiger partial charge in [-0.05, 0) is 30.3 Å². The molecular weight excluding hydrogens is 346 g/mol. The number of carboxylic acid groups (broad SMARTS) is 1. The fourth-order valence-electron chi connectivity index (χ4n) is 2.81. The Kier molecular flexibility index (Phi) is 5.03. The molecule has 0 radical (unpaired) electrons. The smallest absolute Gasteiger partial charge is 0.162 e. The lowest BCUT2D eigenvalue weighted by Gasteiger charge is -2.18. The summed E-state index contributed by atoms with van der Waals surface area (Å²) < 4.78 is 10.6. The number of carbonyl (C=O) groups excluding carboxylic acids is 1. The number of aromatic nitrogens is 1. The number of pyridine rings is 1. The van der Waals surface area contributed by atoms with Gasteiger partial charge in [0, 0.05) is 48.7 Å². The number of carbonyl (C=O) groups is 1. The molecule has 1 N–H and O–H groups in total. The third-order valence-corrected chi connectivity index (χ3v) is 4.24. The molecule has 0 unspecified atom stereocenters. The van der Waals surface area contributed by atoms with Gasteiger partial charge in [0.05, 0.1) is 31.4 Å². The van der Waals surface area contributed by atoms with Gasteiger partial charge in [-0.15, -0.1) is 0 Å². The first-order chi connectivity index (χ1) is 12.9. The monoisotopic (exact) mass is 366 g/mol. The molecule has 0 amide bonds. The van der Waals surface area contributed by atoms with Gasteiger partial charge in [-0.3, -0.25) is 4.98 Å². The topological polar surface area (TPSA) is 86.8 Å². The quantitative estimate of drug-likeness (QED) is 0.717. The van der Waals surface area contributed by atoms with E-state index in [1.54, 1.807) is 32.4 Å². The Morgan fingerprint density at radius 2 is 1.81 bits per heavy atom. The number of hydrogen-bond donors (Lipinski definition) is 1. The maximum Gasteiger partial charge on any atom is 0.162 e. The highest BCUT2D eigenvalue weighted by Gasteiger charge is 2.13. The van der Waals surface area contributed by atoms with Crippen molar-refractivity contribution in [2.45, 2.75) is 0 Å². The number of nitrogens with one attached hydrogen (secondary N) is 1. The molecule has 140 valence electrons. The summed E-state index contributed by atoms with van der Waals surface area (Å²) in [6.07, 6.45) is 1.30. The van der Waals surface area contributed by atoms with E-state index in [1.807, 2.05) is 37.2 Å². The van der Waals surface area contributed by atoms with Crippen molar-refractivity contribution in [3.8, 4) is 11.5 Å². The van der Waals surface area contributed by atoms with E-state index >= 15 is 0 Å². The Labute approximate surface area is 157 Å². The molecule has 0 aliphatic heterocycles. The summed E-state index contributed by atoms with van der Waals surface area (Å²) in [5.74, 6) is -0.190. The van der Waals surface area contributed by atoms with Gasteiger partial charge in [-0.1, -0.05) is 0 Å². The Morgan fingerprint density at radius 1 is 1.07 bits per heavy atom. The van der Waals surface area contributed by atoms with Gasteiger partial charge in [0.1, 0.15) is 0 Å². The molecule has 7 heteroatoms. The highest BCUT2D eigenvalue weighted by molar-refractivity contribution is 6.05. The summed E-state index contributed by atoms with van der Waals surface area (Å²) in [6.45, 7) is 0. The van der Waals surface area contributed by atoms with Gasteiger partial charge in [0.2, 0.25) is 0 Å². The number of fused-ring (bicyclic) bond motifs is 1. The maximum atomic E-state index is 11.7. The SMILES string of the molecule is COc1ccc(Nc2c(C(=O)[O-])cnc3ccc(N(C)C)cc23)cc1OC. The molecule has 0 bridgehead atoms. The van der Waals surface area contributed by atoms with Crippen molar-refractivity contribution in [3.63, 3.8) is 0 Å². The molecule has 0 fully saturated rings. The molecule has 0 saturated heterocycles. The van der Waals surface area contributed by atoms with Crippen LogP contribution in [0.15, 0.2) is 42.6 Å². The highest BCUT2D eigenvalue weighted by atomic mass is 16.5. The molecule has 0 aliphatic rings. The number of rotatable bonds is 6. The predicted octanol–water partition coefficient (Wildman–Crippen LogP) is 2.43. The molecule has 27 heavy (non-hydrogen) atoms. The van der Waals surface area contributed by atoms with Gasteiger partial charge in [0.25, 0.3) is 0 Å². The van der Waals surface area contributed by atoms with Crippen molar-refractivity contribution in [1.82, 2.24) is 4.98 Å². The Bertz CT molecular complexity index is 1000. The summed E-state index contributed by atoms with van der Waals surface area (Å²) in [4.78, 5) is 17.8. The standard InChI is InChI=1S/C20H21N3O4/c1-23(2)13-6-7-16-14(10-13)19(15(11-21-16)20(24)25)22-12-5-8-17(26-3)18(9-12)27-4/h5-11H,1-4H3,(H,21,22)(H,24,25)/p-1. The van der Waals surface area contributed by atoms with Gasteiger partial charge in [-0.2, -0.15) is 0 Å². The van der Waals surface area contributed by atoms with Crippen LogP contribution in [-0.2, 0) is 0 Å². The molecule has 7 nitrogen and oxygen atoms in total. The van der Waals surface area contributed by atoms with E-state index in [0.717, 1.165) is 5.69 Å². The van der Waals surface area contributed by atoms with Crippen LogP contribution in [0.3, 0.4) is 0 Å². The minimum atomic E-state index is -1.30. The van der Waals surface area contributed by atoms with Crippen LogP contribution in [0.2, 0.25) is 0 Å². The van der Waals surface area contributed by atoms with E-state index in [9.17, 15) is 9.90 Å². The number of methoxy groups -OCH3 is 2. The number of aromatic carboxylic acids is 1. The number of hydrogen-bond acceptors (Lipinski definition) is 7. The van der Waals surface area contributed by atoms with Crippen molar-refractivity contribution < 1.29 is 19.4 Å². The number of carboxylic acids is 1. The number of ether oxygens (including phenoxy) is 2. The summed E-state index contributed by atoms with van der Waals surface area (Å²) in [6, 6.07) is 10.9. The Hall–Kier alpha value is -3.48. The molecule has 2 aromatic carbocycles. The van der Waals surface area contributed by atoms with E-state index in [0.29, 0.717) is 33.8 Å². The zero-order valence-electron chi connectivity index (χ0n) is 15.6. The maximum absolute atomic E-state index is 11.7. The minimum absolute atomic E-state index is 0.0202. The van der Waals surface area contributed by atoms with E-state index < -0.39 is 5.97 Å². The molecular formula is C20H20N3O4-. The van der Waals surface area contributed by atoms with Crippen LogP contribution in [0.25, 0.3) is 10.9 Å². The van der Waals surface area contributed by atoms with Gasteiger partial charge in [0.15, 0.2) is 11.5 Å². The molecule has 3 rings (SSSR count). The average molecular weight is 366 g/mol. The van der Waals surface area contributed by atoms with Gasteiger partial charge >= 0.3 is 0 Å². The number of nitrogens with zero attached hydrogens (tertiary/aromatic N) is 2. The minimum Gasteiger partial charge on any atom is -0.545 e. The van der Waals surface area contributed by atoms with Crippen molar-refractivity contribution in [2.75, 3.05) is 38.5 Å². The van der Waals surface area contributed by atoms with Crippen molar-refractivity contribution in [3.05, 3.63) is 48.2 Å². The second-order valence-electron chi connectivity index (χ2n) is 6.12. The van der Waals surface area contributed by atoms with Crippen molar-refractivity contribution in [1.29, 1.82) is 0 Å². The molecule has 0 saturated carbocycles. The number of anilines is 3. The summed E-state index contributed by atoms with van der Waals surface area (Å²) in [5.41, 5.74) is 2.64. The van der Waals surface area contributed by atoms with Crippen LogP contribution in [0, 0.1) is 0 Å². The molecule has 0 spiro atoms. The Morgan fingerprint density at radius 3 is 2.44 bits per heavy atom. The van der Waals surface area contributed by atoms with E-state index in [2.05, 4.69) is 10.3 Å². The molecule has 0 aliphatic carbocycles. The fourth-order valence-corrected chi connectivity index (χ4v) is 2.81. The lowest BCUT2D eigenvalue weighted by molar-refractivity contribution is -0.254. The second kappa shape index (κ2) is 7.41. The zero-order chi connectivity index (χ0) is 19.6. The summed E-state index contributed by atoms with van der Waals surface area (Å²) in [7, 11) is 6.93. The largest absolute Gasteiger partial charge is 0.545 e. The average Bonchev–Trinajstić information content (AvgIpc) is 2.67. The summed E-state index contributed by atoms with van der Waals surface area (Å²) in [5, 5.41) is 15.5. The normalized spacial score (nSPS) is 10.5. The van der Waals surface area contributed by atoms with Gasteiger partial charge in [-0.25, -0.2) is 0 Å². The third kappa shape index (κ3) is 3.57. The predicted molar refractivity (Wildman–Crippen MR) is 103 cm³/mol. The summed E-state index contributed by atoms with van der Waals surface area (Å²) >= 11 is 0. The van der Waals surface area contributed by atoms with Crippen LogP contribution >= 0.6 is 0 Å². The molecule has 1 heterocycles. The van der Waals surface area contributed by atoms with Gasteiger partial charge < -0.3 is 29.6 Å². The highest BCUT2D eigenvalue weighted by Crippen LogP contribution is 2.35. The second-order valence-corrected chi connectivity index (χ2v) is 6.12. The fraction of sp³-hybridized carbons (Fsp3) is 0.200. The van der Waals surface area contributed by atoms with Crippen LogP contribution in [0.5, 0.6) is 11.5 Å². The van der Waals surface area contributed by atoms with E-state index in [-0.39, 0.29) is 5.56 Å². The molecule has 0 atom stereocenters.